The summed E-state index contributed by atoms with van der Waals surface area (Å²) in [4.78, 5) is 15.4. The van der Waals surface area contributed by atoms with Crippen molar-refractivity contribution in [2.75, 3.05) is 25.6 Å². The molecule has 0 unspecified atom stereocenters. The number of aromatic amines is 1. The van der Waals surface area contributed by atoms with Gasteiger partial charge in [-0.05, 0) is 18.6 Å². The molecule has 23 heavy (non-hydrogen) atoms. The summed E-state index contributed by atoms with van der Waals surface area (Å²) in [5.41, 5.74) is 2.12. The van der Waals surface area contributed by atoms with E-state index in [1.807, 2.05) is 0 Å². The van der Waals surface area contributed by atoms with Gasteiger partial charge in [-0.1, -0.05) is 11.6 Å². The fourth-order valence-corrected chi connectivity index (χ4v) is 2.36. The minimum absolute atomic E-state index is 0.0800. The Kier molecular flexibility index (Phi) is 4.59. The fourth-order valence-electron chi connectivity index (χ4n) is 2.20. The first kappa shape index (κ1) is 15.5. The van der Waals surface area contributed by atoms with Crippen LogP contribution in [0.5, 0.6) is 5.88 Å². The van der Waals surface area contributed by atoms with E-state index < -0.39 is 0 Å². The lowest BCUT2D eigenvalue weighted by Gasteiger charge is -2.01. The Bertz CT molecular complexity index is 769. The number of nitrogens with zero attached hydrogens (tertiary/aromatic N) is 3. The molecule has 3 rings (SSSR count). The maximum absolute atomic E-state index is 9.96. The minimum atomic E-state index is -0.0800. The van der Waals surface area contributed by atoms with Gasteiger partial charge in [-0.3, -0.25) is 0 Å². The number of fused-ring (bicyclic) bond motifs is 1. The molecule has 3 heterocycles. The van der Waals surface area contributed by atoms with Gasteiger partial charge in [0.15, 0.2) is 5.82 Å². The number of nitrogens with one attached hydrogen (secondary N) is 2. The Morgan fingerprint density at radius 1 is 1.48 bits per heavy atom. The number of halogens is 1. The molecule has 120 valence electrons. The Morgan fingerprint density at radius 2 is 2.35 bits per heavy atom. The molecule has 0 bridgehead atoms. The van der Waals surface area contributed by atoms with E-state index in [2.05, 4.69) is 25.3 Å². The van der Waals surface area contributed by atoms with Gasteiger partial charge in [0.25, 0.3) is 0 Å². The number of H-pyrrole nitrogens is 1. The molecule has 0 amide bonds. The second-order valence-corrected chi connectivity index (χ2v) is 5.41. The van der Waals surface area contributed by atoms with Gasteiger partial charge in [-0.15, -0.1) is 0 Å². The highest BCUT2D eigenvalue weighted by Crippen LogP contribution is 2.33. The molecule has 7 nitrogen and oxygen atoms in total. The summed E-state index contributed by atoms with van der Waals surface area (Å²) in [6.45, 7) is 1.36. The van der Waals surface area contributed by atoms with Crippen molar-refractivity contribution in [1.29, 1.82) is 0 Å². The number of imidazole rings is 1. The lowest BCUT2D eigenvalue weighted by atomic mass is 10.1. The number of aliphatic imine (C=N–C) groups is 1. The van der Waals surface area contributed by atoms with Gasteiger partial charge in [0, 0.05) is 43.8 Å². The number of allylic oxidation sites excluding steroid dienone is 1. The molecule has 0 radical (unpaired) electrons. The van der Waals surface area contributed by atoms with Crippen LogP contribution in [0.15, 0.2) is 17.3 Å². The number of methoxy groups -OCH3 is 1. The van der Waals surface area contributed by atoms with Gasteiger partial charge >= 0.3 is 0 Å². The first-order valence-corrected chi connectivity index (χ1v) is 7.48. The van der Waals surface area contributed by atoms with Gasteiger partial charge in [0.1, 0.15) is 5.69 Å². The number of pyridine rings is 1. The normalized spacial score (nSPS) is 14.4. The molecule has 1 aliphatic rings. The van der Waals surface area contributed by atoms with E-state index in [-0.39, 0.29) is 5.88 Å². The smallest absolute Gasteiger partial charge is 0.238 e. The van der Waals surface area contributed by atoms with Crippen LogP contribution in [-0.4, -0.2) is 46.5 Å². The van der Waals surface area contributed by atoms with Crippen LogP contribution >= 0.6 is 11.6 Å². The van der Waals surface area contributed by atoms with E-state index in [0.717, 1.165) is 17.6 Å². The topological polar surface area (TPSA) is 95.4 Å². The molecular weight excluding hydrogens is 318 g/mol. The largest absolute Gasteiger partial charge is 0.492 e. The lowest BCUT2D eigenvalue weighted by Crippen LogP contribution is -2.05. The van der Waals surface area contributed by atoms with Gasteiger partial charge in [-0.2, -0.15) is 4.98 Å². The van der Waals surface area contributed by atoms with Crippen molar-refractivity contribution in [2.45, 2.75) is 6.42 Å². The van der Waals surface area contributed by atoms with Crippen molar-refractivity contribution in [3.8, 4) is 5.88 Å². The molecule has 0 saturated heterocycles. The van der Waals surface area contributed by atoms with Crippen molar-refractivity contribution in [1.82, 2.24) is 15.0 Å². The van der Waals surface area contributed by atoms with E-state index in [4.69, 9.17) is 16.3 Å². The van der Waals surface area contributed by atoms with Crippen LogP contribution in [0.25, 0.3) is 11.6 Å². The number of anilines is 1. The quantitative estimate of drug-likeness (QED) is 0.706. The third-order valence-electron chi connectivity index (χ3n) is 3.30. The maximum atomic E-state index is 9.96. The third kappa shape index (κ3) is 3.52. The fraction of sp³-hybridized carbons (Fsp3) is 0.267. The Hall–Kier alpha value is -2.38. The summed E-state index contributed by atoms with van der Waals surface area (Å²) in [5.74, 6) is 1.03. The first-order valence-electron chi connectivity index (χ1n) is 7.11. The number of ether oxygens (including phenoxy) is 1. The zero-order valence-corrected chi connectivity index (χ0v) is 13.3. The van der Waals surface area contributed by atoms with E-state index in [0.29, 0.717) is 35.6 Å². The van der Waals surface area contributed by atoms with Crippen molar-refractivity contribution in [3.63, 3.8) is 0 Å². The van der Waals surface area contributed by atoms with E-state index in [1.165, 1.54) is 0 Å². The third-order valence-corrected chi connectivity index (χ3v) is 3.51. The Labute approximate surface area is 138 Å². The average molecular weight is 334 g/mol. The maximum Gasteiger partial charge on any atom is 0.238 e. The zero-order chi connectivity index (χ0) is 16.2. The van der Waals surface area contributed by atoms with Gasteiger partial charge in [0.05, 0.1) is 5.02 Å². The highest BCUT2D eigenvalue weighted by Gasteiger charge is 2.16. The molecule has 3 N–H and O–H groups in total. The van der Waals surface area contributed by atoms with E-state index in [1.54, 1.807) is 31.7 Å². The number of rotatable bonds is 6. The van der Waals surface area contributed by atoms with Crippen LogP contribution < -0.4 is 5.32 Å². The van der Waals surface area contributed by atoms with Crippen molar-refractivity contribution >= 4 is 41.2 Å². The van der Waals surface area contributed by atoms with Crippen LogP contribution in [0.1, 0.15) is 17.7 Å². The molecule has 0 atom stereocenters. The predicted octanol–water partition coefficient (Wildman–Crippen LogP) is 2.87. The monoisotopic (exact) mass is 333 g/mol. The molecule has 0 aliphatic carbocycles. The Morgan fingerprint density at radius 3 is 3.17 bits per heavy atom. The standard InChI is InChI=1S/C15H16ClN5O2/c1-23-4-2-3-17-15-20-12(14(22)21-15)5-9-7-18-13-11(9)6-10(16)8-19-13/h5-8,22H,2-4H2,1H3,(H2,17,20,21). The SMILES string of the molecule is COCCCNc1nc(O)c(C=C2C=Nc3ncc(Cl)cc32)[nH]1. The van der Waals surface area contributed by atoms with Crippen LogP contribution in [0, 0.1) is 0 Å². The molecule has 1 aliphatic heterocycles. The van der Waals surface area contributed by atoms with Crippen LogP contribution in [-0.2, 0) is 4.74 Å². The van der Waals surface area contributed by atoms with E-state index >= 15 is 0 Å². The molecule has 8 heteroatoms. The molecule has 0 fully saturated rings. The summed E-state index contributed by atoms with van der Waals surface area (Å²) in [5, 5.41) is 13.6. The molecular formula is C15H16ClN5O2. The average Bonchev–Trinajstić information content (AvgIpc) is 3.08. The van der Waals surface area contributed by atoms with Crippen molar-refractivity contribution < 1.29 is 9.84 Å². The second-order valence-electron chi connectivity index (χ2n) is 4.98. The van der Waals surface area contributed by atoms with E-state index in [9.17, 15) is 5.11 Å². The van der Waals surface area contributed by atoms with Gasteiger partial charge in [0.2, 0.25) is 11.8 Å². The second kappa shape index (κ2) is 6.80. The van der Waals surface area contributed by atoms with Gasteiger partial charge < -0.3 is 20.1 Å². The number of hydrogen-bond acceptors (Lipinski definition) is 6. The summed E-state index contributed by atoms with van der Waals surface area (Å²) < 4.78 is 4.98. The van der Waals surface area contributed by atoms with Crippen LogP contribution in [0.4, 0.5) is 11.8 Å². The number of aromatic hydroxyl groups is 1. The van der Waals surface area contributed by atoms with Crippen molar-refractivity contribution in [2.24, 2.45) is 4.99 Å². The Balaban J connectivity index is 1.78. The number of aromatic nitrogens is 3. The molecule has 0 aromatic carbocycles. The molecule has 0 saturated carbocycles. The predicted molar refractivity (Wildman–Crippen MR) is 90.5 cm³/mol. The molecule has 2 aromatic rings. The summed E-state index contributed by atoms with van der Waals surface area (Å²) in [6.07, 6.45) is 5.84. The summed E-state index contributed by atoms with van der Waals surface area (Å²) in [6, 6.07) is 1.79. The summed E-state index contributed by atoms with van der Waals surface area (Å²) in [7, 11) is 1.66. The molecule has 0 spiro atoms. The van der Waals surface area contributed by atoms with Gasteiger partial charge in [-0.25, -0.2) is 9.98 Å². The highest BCUT2D eigenvalue weighted by atomic mass is 35.5. The highest BCUT2D eigenvalue weighted by molar-refractivity contribution is 6.31. The minimum Gasteiger partial charge on any atom is -0.492 e. The van der Waals surface area contributed by atoms with Crippen molar-refractivity contribution in [3.05, 3.63) is 28.5 Å². The zero-order valence-electron chi connectivity index (χ0n) is 12.5. The summed E-state index contributed by atoms with van der Waals surface area (Å²) >= 11 is 5.97. The number of hydrogen-bond donors (Lipinski definition) is 3. The van der Waals surface area contributed by atoms with Crippen LogP contribution in [0.3, 0.4) is 0 Å². The van der Waals surface area contributed by atoms with Crippen LogP contribution in [0.2, 0.25) is 5.02 Å². The lowest BCUT2D eigenvalue weighted by molar-refractivity contribution is 0.197. The first-order chi connectivity index (χ1) is 11.2. The molecule has 2 aromatic heterocycles.